The molecular weight excluding hydrogens is 226 g/mol. The van der Waals surface area contributed by atoms with Crippen LogP contribution in [0.25, 0.3) is 0 Å². The van der Waals surface area contributed by atoms with Gasteiger partial charge in [-0.15, -0.1) is 0 Å². The highest BCUT2D eigenvalue weighted by Crippen LogP contribution is 2.35. The summed E-state index contributed by atoms with van der Waals surface area (Å²) in [7, 11) is 3.42. The van der Waals surface area contributed by atoms with Gasteiger partial charge in [0.1, 0.15) is 0 Å². The molecule has 1 saturated heterocycles. The molecule has 2 rings (SSSR count). The molecule has 1 aromatic carbocycles. The first kappa shape index (κ1) is 13.2. The zero-order chi connectivity index (χ0) is 13.0. The smallest absolute Gasteiger partial charge is 0.164 e. The van der Waals surface area contributed by atoms with Crippen molar-refractivity contribution in [2.75, 3.05) is 20.8 Å². The standard InChI is InChI=1S/C15H23NO2/c1-4-11-7-8-14(17-2)15(18-3)13(11)10-12-6-5-9-16-12/h7-8,12,16H,4-6,9-10H2,1-3H3. The number of nitrogens with one attached hydrogen (secondary N) is 1. The molecule has 0 radical (unpaired) electrons. The molecule has 1 heterocycles. The van der Waals surface area contributed by atoms with Gasteiger partial charge >= 0.3 is 0 Å². The second-order valence-corrected chi connectivity index (χ2v) is 4.79. The Labute approximate surface area is 109 Å². The van der Waals surface area contributed by atoms with E-state index in [9.17, 15) is 0 Å². The summed E-state index contributed by atoms with van der Waals surface area (Å²) in [4.78, 5) is 0. The summed E-state index contributed by atoms with van der Waals surface area (Å²) in [5.41, 5.74) is 2.67. The number of methoxy groups -OCH3 is 2. The fourth-order valence-corrected chi connectivity index (χ4v) is 2.76. The van der Waals surface area contributed by atoms with E-state index in [1.165, 1.54) is 24.0 Å². The molecule has 100 valence electrons. The number of rotatable bonds is 5. The van der Waals surface area contributed by atoms with Crippen LogP contribution < -0.4 is 14.8 Å². The average molecular weight is 249 g/mol. The van der Waals surface area contributed by atoms with Crippen LogP contribution in [0.2, 0.25) is 0 Å². The van der Waals surface area contributed by atoms with Gasteiger partial charge in [0.2, 0.25) is 0 Å². The molecule has 0 saturated carbocycles. The van der Waals surface area contributed by atoms with Crippen molar-refractivity contribution >= 4 is 0 Å². The van der Waals surface area contributed by atoms with Crippen molar-refractivity contribution in [2.45, 2.75) is 38.6 Å². The Kier molecular flexibility index (Phi) is 4.48. The van der Waals surface area contributed by atoms with Gasteiger partial charge < -0.3 is 14.8 Å². The number of aryl methyl sites for hydroxylation is 1. The molecule has 3 heteroatoms. The Bertz CT molecular complexity index is 398. The first-order valence-electron chi connectivity index (χ1n) is 6.76. The van der Waals surface area contributed by atoms with Gasteiger partial charge in [-0.25, -0.2) is 0 Å². The van der Waals surface area contributed by atoms with Crippen molar-refractivity contribution in [1.82, 2.24) is 5.32 Å². The van der Waals surface area contributed by atoms with E-state index in [4.69, 9.17) is 9.47 Å². The fraction of sp³-hybridized carbons (Fsp3) is 0.600. The summed E-state index contributed by atoms with van der Waals surface area (Å²) in [5, 5.41) is 3.55. The first-order chi connectivity index (χ1) is 8.80. The normalized spacial score (nSPS) is 18.9. The molecule has 0 amide bonds. The van der Waals surface area contributed by atoms with Crippen LogP contribution in [0.1, 0.15) is 30.9 Å². The highest BCUT2D eigenvalue weighted by atomic mass is 16.5. The summed E-state index contributed by atoms with van der Waals surface area (Å²) < 4.78 is 11.0. The van der Waals surface area contributed by atoms with E-state index in [0.717, 1.165) is 30.9 Å². The number of hydrogen-bond acceptors (Lipinski definition) is 3. The molecule has 1 atom stereocenters. The Hall–Kier alpha value is -1.22. The van der Waals surface area contributed by atoms with E-state index < -0.39 is 0 Å². The van der Waals surface area contributed by atoms with Crippen LogP contribution in [0.5, 0.6) is 11.5 Å². The Morgan fingerprint density at radius 3 is 2.67 bits per heavy atom. The van der Waals surface area contributed by atoms with Gasteiger partial charge in [0.15, 0.2) is 11.5 Å². The summed E-state index contributed by atoms with van der Waals surface area (Å²) in [6.07, 6.45) is 4.59. The third-order valence-corrected chi connectivity index (χ3v) is 3.74. The molecule has 0 bridgehead atoms. The summed E-state index contributed by atoms with van der Waals surface area (Å²) >= 11 is 0. The Balaban J connectivity index is 2.33. The molecule has 18 heavy (non-hydrogen) atoms. The zero-order valence-corrected chi connectivity index (χ0v) is 11.6. The van der Waals surface area contributed by atoms with E-state index >= 15 is 0 Å². The number of hydrogen-bond donors (Lipinski definition) is 1. The molecule has 0 aliphatic carbocycles. The van der Waals surface area contributed by atoms with Crippen LogP contribution in [0, 0.1) is 0 Å². The molecule has 1 aromatic rings. The highest BCUT2D eigenvalue weighted by molar-refractivity contribution is 5.51. The summed E-state index contributed by atoms with van der Waals surface area (Å²) in [6, 6.07) is 4.74. The lowest BCUT2D eigenvalue weighted by molar-refractivity contribution is 0.349. The molecule has 3 nitrogen and oxygen atoms in total. The van der Waals surface area contributed by atoms with Crippen LogP contribution in [0.15, 0.2) is 12.1 Å². The lowest BCUT2D eigenvalue weighted by atomic mass is 9.96. The van der Waals surface area contributed by atoms with E-state index in [0.29, 0.717) is 6.04 Å². The Morgan fingerprint density at radius 2 is 2.11 bits per heavy atom. The van der Waals surface area contributed by atoms with E-state index in [1.807, 2.05) is 6.07 Å². The topological polar surface area (TPSA) is 30.5 Å². The van der Waals surface area contributed by atoms with Crippen LogP contribution in [0.4, 0.5) is 0 Å². The van der Waals surface area contributed by atoms with Crippen molar-refractivity contribution in [1.29, 1.82) is 0 Å². The van der Waals surface area contributed by atoms with Crippen LogP contribution in [-0.4, -0.2) is 26.8 Å². The number of benzene rings is 1. The van der Waals surface area contributed by atoms with Gasteiger partial charge in [0.05, 0.1) is 14.2 Å². The first-order valence-corrected chi connectivity index (χ1v) is 6.76. The molecule has 1 aliphatic rings. The maximum Gasteiger partial charge on any atom is 0.164 e. The molecular formula is C15H23NO2. The largest absolute Gasteiger partial charge is 0.493 e. The predicted molar refractivity (Wildman–Crippen MR) is 73.7 cm³/mol. The maximum absolute atomic E-state index is 5.57. The SMILES string of the molecule is CCc1ccc(OC)c(OC)c1CC1CCCN1. The van der Waals surface area contributed by atoms with E-state index in [2.05, 4.69) is 18.3 Å². The molecule has 1 unspecified atom stereocenters. The lowest BCUT2D eigenvalue weighted by Gasteiger charge is -2.19. The van der Waals surface area contributed by atoms with Crippen LogP contribution in [-0.2, 0) is 12.8 Å². The average Bonchev–Trinajstić information content (AvgIpc) is 2.91. The van der Waals surface area contributed by atoms with Crippen molar-refractivity contribution < 1.29 is 9.47 Å². The van der Waals surface area contributed by atoms with E-state index in [-0.39, 0.29) is 0 Å². The van der Waals surface area contributed by atoms with Gasteiger partial charge in [-0.3, -0.25) is 0 Å². The van der Waals surface area contributed by atoms with Gasteiger partial charge in [-0.1, -0.05) is 13.0 Å². The third kappa shape index (κ3) is 2.61. The monoisotopic (exact) mass is 249 g/mol. The van der Waals surface area contributed by atoms with Crippen LogP contribution in [0.3, 0.4) is 0 Å². The molecule has 1 fully saturated rings. The second-order valence-electron chi connectivity index (χ2n) is 4.79. The van der Waals surface area contributed by atoms with Gasteiger partial charge in [0, 0.05) is 11.6 Å². The van der Waals surface area contributed by atoms with Crippen molar-refractivity contribution in [3.63, 3.8) is 0 Å². The second kappa shape index (κ2) is 6.10. The Morgan fingerprint density at radius 1 is 1.28 bits per heavy atom. The minimum atomic E-state index is 0.580. The van der Waals surface area contributed by atoms with Crippen molar-refractivity contribution in [3.8, 4) is 11.5 Å². The molecule has 0 spiro atoms. The van der Waals surface area contributed by atoms with Crippen molar-refractivity contribution in [3.05, 3.63) is 23.3 Å². The number of ether oxygens (including phenoxy) is 2. The molecule has 0 aromatic heterocycles. The quantitative estimate of drug-likeness (QED) is 0.870. The van der Waals surface area contributed by atoms with Crippen LogP contribution >= 0.6 is 0 Å². The third-order valence-electron chi connectivity index (χ3n) is 3.74. The van der Waals surface area contributed by atoms with Gasteiger partial charge in [0.25, 0.3) is 0 Å². The zero-order valence-electron chi connectivity index (χ0n) is 11.6. The minimum absolute atomic E-state index is 0.580. The predicted octanol–water partition coefficient (Wildman–Crippen LogP) is 2.56. The van der Waals surface area contributed by atoms with E-state index in [1.54, 1.807) is 14.2 Å². The van der Waals surface area contributed by atoms with Gasteiger partial charge in [-0.2, -0.15) is 0 Å². The fourth-order valence-electron chi connectivity index (χ4n) is 2.76. The van der Waals surface area contributed by atoms with Crippen molar-refractivity contribution in [2.24, 2.45) is 0 Å². The molecule has 1 N–H and O–H groups in total. The maximum atomic E-state index is 5.57. The van der Waals surface area contributed by atoms with Gasteiger partial charge in [-0.05, 0) is 43.9 Å². The summed E-state index contributed by atoms with van der Waals surface area (Å²) in [6.45, 7) is 3.32. The molecule has 1 aliphatic heterocycles. The summed E-state index contributed by atoms with van der Waals surface area (Å²) in [5.74, 6) is 1.74. The highest BCUT2D eigenvalue weighted by Gasteiger charge is 2.20. The minimum Gasteiger partial charge on any atom is -0.493 e. The lowest BCUT2D eigenvalue weighted by Crippen LogP contribution is -2.24.